The first kappa shape index (κ1) is 22.9. The van der Waals surface area contributed by atoms with Crippen LogP contribution in [0.5, 0.6) is 0 Å². The summed E-state index contributed by atoms with van der Waals surface area (Å²) in [6, 6.07) is 19.3. The van der Waals surface area contributed by atoms with Crippen molar-refractivity contribution >= 4 is 28.3 Å². The average molecular weight is 431 g/mol. The van der Waals surface area contributed by atoms with Gasteiger partial charge in [0, 0.05) is 30.6 Å². The van der Waals surface area contributed by atoms with Gasteiger partial charge in [0.2, 0.25) is 0 Å². The second kappa shape index (κ2) is 10.5. The molecular formula is C26H26N2O4. The third kappa shape index (κ3) is 5.47. The zero-order valence-corrected chi connectivity index (χ0v) is 18.0. The van der Waals surface area contributed by atoms with Gasteiger partial charge in [0.25, 0.3) is 0 Å². The van der Waals surface area contributed by atoms with E-state index in [1.165, 1.54) is 27.5 Å². The van der Waals surface area contributed by atoms with Gasteiger partial charge < -0.3 is 10.2 Å². The summed E-state index contributed by atoms with van der Waals surface area (Å²) in [5, 5.41) is 17.3. The fraction of sp³-hybridized carbons (Fsp3) is 0.192. The van der Waals surface area contributed by atoms with Crippen LogP contribution in [-0.2, 0) is 9.59 Å². The van der Waals surface area contributed by atoms with E-state index in [0.717, 1.165) is 37.4 Å². The molecule has 0 unspecified atom stereocenters. The van der Waals surface area contributed by atoms with E-state index in [9.17, 15) is 0 Å². The number of pyridine rings is 1. The number of fused-ring (bicyclic) bond motifs is 1. The molecule has 2 N–H and O–H groups in total. The minimum atomic E-state index is -1.82. The molecule has 0 spiro atoms. The van der Waals surface area contributed by atoms with Crippen molar-refractivity contribution in [2.75, 3.05) is 19.6 Å². The van der Waals surface area contributed by atoms with E-state index in [1.807, 2.05) is 6.08 Å². The molecule has 0 amide bonds. The molecule has 0 fully saturated rings. The van der Waals surface area contributed by atoms with Crippen LogP contribution in [0.4, 0.5) is 0 Å². The summed E-state index contributed by atoms with van der Waals surface area (Å²) in [5.41, 5.74) is 6.03. The maximum absolute atomic E-state index is 9.10. The Hall–Kier alpha value is -3.77. The number of benzene rings is 2. The smallest absolute Gasteiger partial charge is 0.414 e. The third-order valence-corrected chi connectivity index (χ3v) is 5.33. The SMILES string of the molecule is C=CCN1CC=C(c2cc3ccccc3c(-c3ccccc3C)n2)CC1.O=C(O)C(=O)O. The van der Waals surface area contributed by atoms with E-state index in [-0.39, 0.29) is 0 Å². The highest BCUT2D eigenvalue weighted by atomic mass is 16.4. The lowest BCUT2D eigenvalue weighted by molar-refractivity contribution is -0.159. The highest BCUT2D eigenvalue weighted by Gasteiger charge is 2.16. The number of nitrogens with zero attached hydrogens (tertiary/aromatic N) is 2. The Morgan fingerprint density at radius 1 is 1.09 bits per heavy atom. The molecule has 0 saturated carbocycles. The monoisotopic (exact) mass is 430 g/mol. The van der Waals surface area contributed by atoms with Crippen molar-refractivity contribution in [1.29, 1.82) is 0 Å². The first-order valence-electron chi connectivity index (χ1n) is 10.4. The largest absolute Gasteiger partial charge is 0.473 e. The Morgan fingerprint density at radius 2 is 1.78 bits per heavy atom. The number of hydrogen-bond acceptors (Lipinski definition) is 4. The topological polar surface area (TPSA) is 90.7 Å². The van der Waals surface area contributed by atoms with Crippen LogP contribution < -0.4 is 0 Å². The second-order valence-corrected chi connectivity index (χ2v) is 7.53. The van der Waals surface area contributed by atoms with E-state index >= 15 is 0 Å². The zero-order chi connectivity index (χ0) is 23.1. The van der Waals surface area contributed by atoms with Gasteiger partial charge in [-0.2, -0.15) is 0 Å². The number of carboxylic acids is 2. The molecule has 1 aliphatic heterocycles. The van der Waals surface area contributed by atoms with Gasteiger partial charge in [-0.1, -0.05) is 60.7 Å². The molecule has 4 rings (SSSR count). The van der Waals surface area contributed by atoms with Crippen molar-refractivity contribution in [1.82, 2.24) is 9.88 Å². The van der Waals surface area contributed by atoms with Crippen LogP contribution in [0.2, 0.25) is 0 Å². The van der Waals surface area contributed by atoms with Gasteiger partial charge in [0.15, 0.2) is 0 Å². The molecule has 3 aromatic rings. The normalized spacial score (nSPS) is 13.6. The Morgan fingerprint density at radius 3 is 2.41 bits per heavy atom. The van der Waals surface area contributed by atoms with Crippen LogP contribution in [0.25, 0.3) is 27.6 Å². The standard InChI is InChI=1S/C24H24N2.C2H2O4/c1-3-14-26-15-12-19(13-16-26)23-17-20-9-5-7-11-22(20)24(25-23)21-10-6-4-8-18(21)2;3-1(4)2(5)6/h3-12,17H,1,13-16H2,2H3;(H,3,4)(H,5,6). The lowest BCUT2D eigenvalue weighted by Crippen LogP contribution is -2.28. The van der Waals surface area contributed by atoms with E-state index in [0.29, 0.717) is 0 Å². The van der Waals surface area contributed by atoms with E-state index in [1.54, 1.807) is 0 Å². The third-order valence-electron chi connectivity index (χ3n) is 5.33. The van der Waals surface area contributed by atoms with E-state index < -0.39 is 11.9 Å². The first-order chi connectivity index (χ1) is 15.4. The Bertz CT molecular complexity index is 1170. The summed E-state index contributed by atoms with van der Waals surface area (Å²) in [4.78, 5) is 25.7. The fourth-order valence-electron chi connectivity index (χ4n) is 3.70. The van der Waals surface area contributed by atoms with Gasteiger partial charge in [-0.05, 0) is 35.9 Å². The molecule has 0 aliphatic carbocycles. The predicted molar refractivity (Wildman–Crippen MR) is 126 cm³/mol. The van der Waals surface area contributed by atoms with Crippen molar-refractivity contribution < 1.29 is 19.8 Å². The highest BCUT2D eigenvalue weighted by molar-refractivity contribution is 6.27. The van der Waals surface area contributed by atoms with E-state index in [4.69, 9.17) is 24.8 Å². The van der Waals surface area contributed by atoms with Crippen molar-refractivity contribution in [3.63, 3.8) is 0 Å². The number of aliphatic carboxylic acids is 2. The molecule has 6 nitrogen and oxygen atoms in total. The minimum Gasteiger partial charge on any atom is -0.473 e. The number of carboxylic acid groups (broad SMARTS) is 2. The van der Waals surface area contributed by atoms with Gasteiger partial charge >= 0.3 is 11.9 Å². The first-order valence-corrected chi connectivity index (χ1v) is 10.4. The van der Waals surface area contributed by atoms with Crippen LogP contribution in [0, 0.1) is 6.92 Å². The molecule has 32 heavy (non-hydrogen) atoms. The van der Waals surface area contributed by atoms with E-state index in [2.05, 4.69) is 79.1 Å². The Balaban J connectivity index is 0.000000427. The molecule has 1 aromatic heterocycles. The number of aryl methyl sites for hydroxylation is 1. The van der Waals surface area contributed by atoms with Crippen molar-refractivity contribution in [3.05, 3.63) is 84.6 Å². The Labute approximate surface area is 187 Å². The van der Waals surface area contributed by atoms with Gasteiger partial charge in [0.05, 0.1) is 11.4 Å². The number of carbonyl (C=O) groups is 2. The highest BCUT2D eigenvalue weighted by Crippen LogP contribution is 2.32. The van der Waals surface area contributed by atoms with Gasteiger partial charge in [-0.15, -0.1) is 6.58 Å². The molecular weight excluding hydrogens is 404 g/mol. The van der Waals surface area contributed by atoms with Crippen LogP contribution in [0.3, 0.4) is 0 Å². The lowest BCUT2D eigenvalue weighted by Gasteiger charge is -2.25. The van der Waals surface area contributed by atoms with Crippen LogP contribution in [0.15, 0.2) is 73.3 Å². The quantitative estimate of drug-likeness (QED) is 0.463. The van der Waals surface area contributed by atoms with Crippen molar-refractivity contribution in [2.45, 2.75) is 13.3 Å². The second-order valence-electron chi connectivity index (χ2n) is 7.53. The van der Waals surface area contributed by atoms with Crippen LogP contribution >= 0.6 is 0 Å². The average Bonchev–Trinajstić information content (AvgIpc) is 2.80. The van der Waals surface area contributed by atoms with Gasteiger partial charge in [0.1, 0.15) is 0 Å². The van der Waals surface area contributed by atoms with Gasteiger partial charge in [-0.25, -0.2) is 14.6 Å². The number of aromatic nitrogens is 1. The summed E-state index contributed by atoms with van der Waals surface area (Å²) in [6.45, 7) is 8.98. The summed E-state index contributed by atoms with van der Waals surface area (Å²) < 4.78 is 0. The summed E-state index contributed by atoms with van der Waals surface area (Å²) >= 11 is 0. The number of hydrogen-bond donors (Lipinski definition) is 2. The molecule has 6 heteroatoms. The summed E-state index contributed by atoms with van der Waals surface area (Å²) in [6.07, 6.45) is 5.33. The minimum absolute atomic E-state index is 0.948. The fourth-order valence-corrected chi connectivity index (χ4v) is 3.70. The van der Waals surface area contributed by atoms with Crippen LogP contribution in [0.1, 0.15) is 17.7 Å². The molecule has 0 atom stereocenters. The molecule has 2 heterocycles. The predicted octanol–water partition coefficient (Wildman–Crippen LogP) is 4.64. The molecule has 2 aromatic carbocycles. The molecule has 0 saturated heterocycles. The number of rotatable bonds is 4. The van der Waals surface area contributed by atoms with Crippen molar-refractivity contribution in [3.8, 4) is 11.3 Å². The zero-order valence-electron chi connectivity index (χ0n) is 18.0. The molecule has 0 radical (unpaired) electrons. The lowest BCUT2D eigenvalue weighted by atomic mass is 9.97. The maximum Gasteiger partial charge on any atom is 0.414 e. The molecule has 164 valence electrons. The summed E-state index contributed by atoms with van der Waals surface area (Å²) in [5.74, 6) is -3.65. The Kier molecular flexibility index (Phi) is 7.52. The molecule has 1 aliphatic rings. The molecule has 0 bridgehead atoms. The maximum atomic E-state index is 9.10. The summed E-state index contributed by atoms with van der Waals surface area (Å²) in [7, 11) is 0. The van der Waals surface area contributed by atoms with Crippen molar-refractivity contribution in [2.24, 2.45) is 0 Å². The van der Waals surface area contributed by atoms with Crippen LogP contribution in [-0.4, -0.2) is 51.7 Å². The van der Waals surface area contributed by atoms with Gasteiger partial charge in [-0.3, -0.25) is 4.90 Å².